The maximum atomic E-state index is 12.5. The van der Waals surface area contributed by atoms with Gasteiger partial charge in [-0.25, -0.2) is 0 Å². The highest BCUT2D eigenvalue weighted by Crippen LogP contribution is 2.28. The van der Waals surface area contributed by atoms with Gasteiger partial charge in [-0.2, -0.15) is 0 Å². The number of ketones is 2. The SMILES string of the molecule is [2H]C([2H])(O)CCCCCCCCCC1=C(C)C(=O)C(OC)=C(OC)C1=O. The largest absolute Gasteiger partial charge is 0.489 e. The van der Waals surface area contributed by atoms with Crippen molar-refractivity contribution in [3.05, 3.63) is 22.7 Å². The Morgan fingerprint density at radius 1 is 0.833 bits per heavy atom. The van der Waals surface area contributed by atoms with Gasteiger partial charge in [0.1, 0.15) is 0 Å². The quantitative estimate of drug-likeness (QED) is 0.435. The van der Waals surface area contributed by atoms with Crippen molar-refractivity contribution in [1.29, 1.82) is 0 Å². The van der Waals surface area contributed by atoms with E-state index in [0.717, 1.165) is 38.5 Å². The molecule has 0 unspecified atom stereocenters. The van der Waals surface area contributed by atoms with E-state index in [-0.39, 0.29) is 29.5 Å². The van der Waals surface area contributed by atoms with E-state index < -0.39 is 6.56 Å². The topological polar surface area (TPSA) is 72.8 Å². The second kappa shape index (κ2) is 11.0. The van der Waals surface area contributed by atoms with Crippen LogP contribution in [0.2, 0.25) is 0 Å². The standard InChI is InChI=1S/C19H30O5/c1-14-15(12-10-8-6-4-5-7-9-11-13-20)17(22)19(24-3)18(23-2)16(14)21/h20H,4-13H2,1-3H3/i13D2. The lowest BCUT2D eigenvalue weighted by atomic mass is 9.89. The number of hydrogen-bond acceptors (Lipinski definition) is 5. The minimum absolute atomic E-state index is 0.0122. The van der Waals surface area contributed by atoms with Crippen molar-refractivity contribution in [3.8, 4) is 0 Å². The molecule has 0 aliphatic heterocycles. The van der Waals surface area contributed by atoms with Crippen LogP contribution in [-0.4, -0.2) is 37.5 Å². The molecular weight excluding hydrogens is 308 g/mol. The van der Waals surface area contributed by atoms with Crippen molar-refractivity contribution in [2.24, 2.45) is 0 Å². The lowest BCUT2D eigenvalue weighted by molar-refractivity contribution is -0.121. The fraction of sp³-hybridized carbons (Fsp3) is 0.684. The van der Waals surface area contributed by atoms with E-state index in [1.54, 1.807) is 6.92 Å². The minimum Gasteiger partial charge on any atom is -0.489 e. The molecule has 0 saturated carbocycles. The van der Waals surface area contributed by atoms with Crippen LogP contribution >= 0.6 is 0 Å². The van der Waals surface area contributed by atoms with Crippen molar-refractivity contribution < 1.29 is 26.9 Å². The van der Waals surface area contributed by atoms with Gasteiger partial charge < -0.3 is 14.6 Å². The summed E-state index contributed by atoms with van der Waals surface area (Å²) in [5.41, 5.74) is 0.948. The van der Waals surface area contributed by atoms with Gasteiger partial charge in [-0.1, -0.05) is 38.5 Å². The normalized spacial score (nSPS) is 17.2. The molecule has 24 heavy (non-hydrogen) atoms. The first kappa shape index (κ1) is 17.2. The molecule has 0 bridgehead atoms. The number of allylic oxidation sites excluding steroid dienone is 2. The Morgan fingerprint density at radius 3 is 1.79 bits per heavy atom. The van der Waals surface area contributed by atoms with Crippen LogP contribution in [0.3, 0.4) is 0 Å². The molecule has 0 atom stereocenters. The van der Waals surface area contributed by atoms with Crippen LogP contribution < -0.4 is 0 Å². The molecule has 0 heterocycles. The molecule has 0 aromatic heterocycles. The molecule has 5 heteroatoms. The molecule has 136 valence electrons. The van der Waals surface area contributed by atoms with E-state index in [0.29, 0.717) is 24.0 Å². The molecule has 0 aromatic carbocycles. The van der Waals surface area contributed by atoms with Gasteiger partial charge in [-0.3, -0.25) is 9.59 Å². The van der Waals surface area contributed by atoms with Gasteiger partial charge in [-0.15, -0.1) is 0 Å². The summed E-state index contributed by atoms with van der Waals surface area (Å²) in [4.78, 5) is 24.7. The maximum Gasteiger partial charge on any atom is 0.228 e. The molecular formula is C19H30O5. The summed E-state index contributed by atoms with van der Waals surface area (Å²) in [6.07, 6.45) is 7.15. The third-order valence-electron chi connectivity index (χ3n) is 4.31. The average molecular weight is 340 g/mol. The summed E-state index contributed by atoms with van der Waals surface area (Å²) < 4.78 is 24.2. The smallest absolute Gasteiger partial charge is 0.228 e. The number of carbonyl (C=O) groups is 2. The number of ether oxygens (including phenoxy) is 2. The predicted molar refractivity (Wildman–Crippen MR) is 92.4 cm³/mol. The zero-order valence-electron chi connectivity index (χ0n) is 16.9. The Bertz CT molecular complexity index is 573. The van der Waals surface area contributed by atoms with Gasteiger partial charge in [0.2, 0.25) is 23.1 Å². The molecule has 0 radical (unpaired) electrons. The summed E-state index contributed by atoms with van der Waals surface area (Å²) in [6, 6.07) is 0. The van der Waals surface area contributed by atoms with Crippen LogP contribution in [0, 0.1) is 0 Å². The van der Waals surface area contributed by atoms with Gasteiger partial charge >= 0.3 is 0 Å². The predicted octanol–water partition coefficient (Wildman–Crippen LogP) is 3.46. The number of carbonyl (C=O) groups excluding carboxylic acids is 2. The second-order valence-electron chi connectivity index (χ2n) is 5.96. The van der Waals surface area contributed by atoms with E-state index in [2.05, 4.69) is 0 Å². The summed E-state index contributed by atoms with van der Waals surface area (Å²) in [5, 5.41) is 9.00. The van der Waals surface area contributed by atoms with Crippen LogP contribution in [0.4, 0.5) is 0 Å². The van der Waals surface area contributed by atoms with Crippen molar-refractivity contribution >= 4 is 11.6 Å². The Hall–Kier alpha value is -1.62. The Morgan fingerprint density at radius 2 is 1.29 bits per heavy atom. The van der Waals surface area contributed by atoms with Gasteiger partial charge in [0.25, 0.3) is 0 Å². The number of hydrogen-bond donors (Lipinski definition) is 1. The van der Waals surface area contributed by atoms with E-state index >= 15 is 0 Å². The number of Topliss-reactive ketones (excluding diaryl/α,β-unsaturated/α-hetero) is 2. The van der Waals surface area contributed by atoms with Crippen molar-refractivity contribution in [2.45, 2.75) is 64.7 Å². The third-order valence-corrected chi connectivity index (χ3v) is 4.31. The van der Waals surface area contributed by atoms with Crippen LogP contribution in [-0.2, 0) is 19.1 Å². The van der Waals surface area contributed by atoms with E-state index in [4.69, 9.17) is 17.3 Å². The number of rotatable bonds is 12. The lowest BCUT2D eigenvalue weighted by Crippen LogP contribution is -2.25. The van der Waals surface area contributed by atoms with Crippen LogP contribution in [0.5, 0.6) is 0 Å². The van der Waals surface area contributed by atoms with E-state index in [1.807, 2.05) is 0 Å². The average Bonchev–Trinajstić information content (AvgIpc) is 2.57. The first-order chi connectivity index (χ1) is 12.2. The zero-order chi connectivity index (χ0) is 19.7. The molecule has 1 rings (SSSR count). The summed E-state index contributed by atoms with van der Waals surface area (Å²) >= 11 is 0. The number of unbranched alkanes of at least 4 members (excludes halogenated alkanes) is 6. The van der Waals surface area contributed by atoms with Crippen molar-refractivity contribution in [2.75, 3.05) is 20.8 Å². The fourth-order valence-electron chi connectivity index (χ4n) is 2.88. The fourth-order valence-corrected chi connectivity index (χ4v) is 2.88. The summed E-state index contributed by atoms with van der Waals surface area (Å²) in [5.74, 6) is -0.588. The molecule has 0 fully saturated rings. The molecule has 0 amide bonds. The van der Waals surface area contributed by atoms with E-state index in [1.165, 1.54) is 14.2 Å². The molecule has 0 saturated heterocycles. The molecule has 1 N–H and O–H groups in total. The first-order valence-corrected chi connectivity index (χ1v) is 8.56. The van der Waals surface area contributed by atoms with Gasteiger partial charge in [0.05, 0.1) is 17.0 Å². The van der Waals surface area contributed by atoms with Crippen LogP contribution in [0.1, 0.15) is 67.5 Å². The molecule has 1 aliphatic rings. The Kier molecular flexibility index (Phi) is 7.91. The number of methoxy groups -OCH3 is 2. The van der Waals surface area contributed by atoms with Crippen LogP contribution in [0.25, 0.3) is 0 Å². The van der Waals surface area contributed by atoms with Crippen molar-refractivity contribution in [1.82, 2.24) is 0 Å². The number of aliphatic hydroxyl groups is 1. The monoisotopic (exact) mass is 340 g/mol. The van der Waals surface area contributed by atoms with E-state index in [9.17, 15) is 9.59 Å². The summed E-state index contributed by atoms with van der Waals surface area (Å²) in [6.45, 7) is -0.408. The van der Waals surface area contributed by atoms with Crippen molar-refractivity contribution in [3.63, 3.8) is 0 Å². The highest BCUT2D eigenvalue weighted by Gasteiger charge is 2.34. The third kappa shape index (κ3) is 5.48. The second-order valence-corrected chi connectivity index (χ2v) is 5.96. The highest BCUT2D eigenvalue weighted by atomic mass is 16.5. The van der Waals surface area contributed by atoms with Gasteiger partial charge in [0.15, 0.2) is 0 Å². The van der Waals surface area contributed by atoms with Gasteiger partial charge in [-0.05, 0) is 26.2 Å². The summed E-state index contributed by atoms with van der Waals surface area (Å²) in [7, 11) is 2.71. The van der Waals surface area contributed by atoms with Gasteiger partial charge in [0, 0.05) is 17.7 Å². The Labute approximate surface area is 147 Å². The maximum absolute atomic E-state index is 12.5. The molecule has 0 aromatic rings. The highest BCUT2D eigenvalue weighted by molar-refractivity contribution is 6.23. The molecule has 0 spiro atoms. The van der Waals surface area contributed by atoms with Crippen LogP contribution in [0.15, 0.2) is 22.7 Å². The molecule has 1 aliphatic carbocycles. The zero-order valence-corrected chi connectivity index (χ0v) is 14.9. The first-order valence-electron chi connectivity index (χ1n) is 9.56. The lowest BCUT2D eigenvalue weighted by Gasteiger charge is -2.20. The Balaban J connectivity index is 2.34. The molecule has 5 nitrogen and oxygen atoms in total. The minimum atomic E-state index is -2.06.